The molecule has 3 nitrogen and oxygen atoms in total. The van der Waals surface area contributed by atoms with Gasteiger partial charge in [-0.1, -0.05) is 25.3 Å². The maximum absolute atomic E-state index is 13.9. The first kappa shape index (κ1) is 16.2. The fourth-order valence-corrected chi connectivity index (χ4v) is 2.95. The average Bonchev–Trinajstić information content (AvgIpc) is 2.52. The lowest BCUT2D eigenvalue weighted by Gasteiger charge is -2.23. The molecule has 1 unspecified atom stereocenters. The molecule has 1 aliphatic rings. The van der Waals surface area contributed by atoms with Crippen LogP contribution in [0.2, 0.25) is 0 Å². The maximum Gasteiger partial charge on any atom is 0.131 e. The summed E-state index contributed by atoms with van der Waals surface area (Å²) in [6.45, 7) is 3.34. The maximum atomic E-state index is 13.9. The highest BCUT2D eigenvalue weighted by atomic mass is 19.1. The molecule has 0 bridgehead atoms. The Kier molecular flexibility index (Phi) is 6.46. The molecule has 0 radical (unpaired) electrons. The lowest BCUT2D eigenvalue weighted by molar-refractivity contribution is 0.0295. The first-order valence-corrected chi connectivity index (χ1v) is 7.89. The van der Waals surface area contributed by atoms with Crippen LogP contribution in [-0.2, 0) is 4.74 Å². The lowest BCUT2D eigenvalue weighted by Crippen LogP contribution is -2.27. The summed E-state index contributed by atoms with van der Waals surface area (Å²) in [6, 6.07) is 4.82. The first-order chi connectivity index (χ1) is 10.2. The number of benzene rings is 1. The van der Waals surface area contributed by atoms with Crippen molar-refractivity contribution in [3.05, 3.63) is 29.6 Å². The van der Waals surface area contributed by atoms with Crippen molar-refractivity contribution in [3.8, 4) is 5.75 Å². The highest BCUT2D eigenvalue weighted by Gasteiger charge is 2.16. The zero-order valence-electron chi connectivity index (χ0n) is 13.0. The van der Waals surface area contributed by atoms with Gasteiger partial charge < -0.3 is 14.8 Å². The number of rotatable bonds is 7. The first-order valence-electron chi connectivity index (χ1n) is 7.89. The van der Waals surface area contributed by atoms with E-state index in [0.717, 1.165) is 6.54 Å². The Morgan fingerprint density at radius 3 is 2.76 bits per heavy atom. The largest absolute Gasteiger partial charge is 0.496 e. The Balaban J connectivity index is 1.77. The van der Waals surface area contributed by atoms with Crippen molar-refractivity contribution in [1.29, 1.82) is 0 Å². The van der Waals surface area contributed by atoms with E-state index in [1.807, 2.05) is 6.92 Å². The SMILES string of the molecule is COc1cccc(F)c1C(C)NCCOC1CCCCC1. The summed E-state index contributed by atoms with van der Waals surface area (Å²) < 4.78 is 25.0. The lowest BCUT2D eigenvalue weighted by atomic mass is 9.98. The molecule has 21 heavy (non-hydrogen) atoms. The summed E-state index contributed by atoms with van der Waals surface area (Å²) >= 11 is 0. The van der Waals surface area contributed by atoms with Gasteiger partial charge >= 0.3 is 0 Å². The topological polar surface area (TPSA) is 30.5 Å². The van der Waals surface area contributed by atoms with E-state index in [9.17, 15) is 4.39 Å². The Labute approximate surface area is 126 Å². The molecule has 4 heteroatoms. The second-order valence-electron chi connectivity index (χ2n) is 5.66. The minimum atomic E-state index is -0.234. The Morgan fingerprint density at radius 1 is 1.29 bits per heavy atom. The van der Waals surface area contributed by atoms with Gasteiger partial charge in [0.25, 0.3) is 0 Å². The standard InChI is InChI=1S/C17H26FNO2/c1-13(17-15(18)9-6-10-16(17)20-2)19-11-12-21-14-7-4-3-5-8-14/h6,9-10,13-14,19H,3-5,7-8,11-12H2,1-2H3. The van der Waals surface area contributed by atoms with Gasteiger partial charge in [-0.25, -0.2) is 4.39 Å². The number of ether oxygens (including phenoxy) is 2. The average molecular weight is 295 g/mol. The van der Waals surface area contributed by atoms with Gasteiger partial charge in [0.2, 0.25) is 0 Å². The van der Waals surface area contributed by atoms with Crippen LogP contribution in [0.3, 0.4) is 0 Å². The van der Waals surface area contributed by atoms with Crippen molar-refractivity contribution in [2.24, 2.45) is 0 Å². The van der Waals surface area contributed by atoms with E-state index >= 15 is 0 Å². The van der Waals surface area contributed by atoms with E-state index in [4.69, 9.17) is 9.47 Å². The molecule has 1 N–H and O–H groups in total. The number of nitrogens with one attached hydrogen (secondary N) is 1. The monoisotopic (exact) mass is 295 g/mol. The number of hydrogen-bond acceptors (Lipinski definition) is 3. The number of methoxy groups -OCH3 is 1. The number of halogens is 1. The highest BCUT2D eigenvalue weighted by Crippen LogP contribution is 2.27. The van der Waals surface area contributed by atoms with Gasteiger partial charge in [-0.2, -0.15) is 0 Å². The zero-order valence-corrected chi connectivity index (χ0v) is 13.0. The van der Waals surface area contributed by atoms with Gasteiger partial charge in [0.05, 0.1) is 19.8 Å². The molecule has 1 aromatic carbocycles. The van der Waals surface area contributed by atoms with Crippen LogP contribution in [0.1, 0.15) is 50.6 Å². The molecule has 1 aromatic rings. The van der Waals surface area contributed by atoms with Gasteiger partial charge in [0.1, 0.15) is 11.6 Å². The predicted molar refractivity (Wildman–Crippen MR) is 82.2 cm³/mol. The molecular weight excluding hydrogens is 269 g/mol. The van der Waals surface area contributed by atoms with Gasteiger partial charge in [-0.15, -0.1) is 0 Å². The molecule has 1 atom stereocenters. The third-order valence-corrected chi connectivity index (χ3v) is 4.12. The van der Waals surface area contributed by atoms with Crippen molar-refractivity contribution in [2.45, 2.75) is 51.2 Å². The van der Waals surface area contributed by atoms with Crippen LogP contribution in [0.5, 0.6) is 5.75 Å². The summed E-state index contributed by atoms with van der Waals surface area (Å²) in [6.07, 6.45) is 6.66. The van der Waals surface area contributed by atoms with Gasteiger partial charge in [0.15, 0.2) is 0 Å². The summed E-state index contributed by atoms with van der Waals surface area (Å²) in [4.78, 5) is 0. The summed E-state index contributed by atoms with van der Waals surface area (Å²) in [5.74, 6) is 0.353. The van der Waals surface area contributed by atoms with E-state index in [-0.39, 0.29) is 11.9 Å². The fourth-order valence-electron chi connectivity index (χ4n) is 2.95. The van der Waals surface area contributed by atoms with E-state index in [1.54, 1.807) is 19.2 Å². The summed E-state index contributed by atoms with van der Waals surface area (Å²) in [5, 5.41) is 3.31. The van der Waals surface area contributed by atoms with Crippen LogP contribution >= 0.6 is 0 Å². The van der Waals surface area contributed by atoms with Crippen molar-refractivity contribution < 1.29 is 13.9 Å². The van der Waals surface area contributed by atoms with Crippen molar-refractivity contribution in [3.63, 3.8) is 0 Å². The van der Waals surface area contributed by atoms with Gasteiger partial charge in [-0.3, -0.25) is 0 Å². The molecule has 0 saturated heterocycles. The van der Waals surface area contributed by atoms with E-state index < -0.39 is 0 Å². The minimum absolute atomic E-state index is 0.101. The van der Waals surface area contributed by atoms with Crippen LogP contribution in [0.15, 0.2) is 18.2 Å². The Bertz CT molecular complexity index is 433. The van der Waals surface area contributed by atoms with Crippen molar-refractivity contribution >= 4 is 0 Å². The van der Waals surface area contributed by atoms with E-state index in [1.165, 1.54) is 38.2 Å². The molecule has 0 aliphatic heterocycles. The van der Waals surface area contributed by atoms with Crippen LogP contribution in [0.25, 0.3) is 0 Å². The summed E-state index contributed by atoms with van der Waals surface area (Å²) in [7, 11) is 1.57. The molecule has 0 spiro atoms. The normalized spacial score (nSPS) is 17.7. The molecule has 118 valence electrons. The smallest absolute Gasteiger partial charge is 0.131 e. The molecule has 0 heterocycles. The molecule has 1 saturated carbocycles. The quantitative estimate of drug-likeness (QED) is 0.775. The van der Waals surface area contributed by atoms with Crippen LogP contribution in [-0.4, -0.2) is 26.4 Å². The zero-order chi connectivity index (χ0) is 15.1. The highest BCUT2D eigenvalue weighted by molar-refractivity contribution is 5.36. The van der Waals surface area contributed by atoms with Crippen molar-refractivity contribution in [2.75, 3.05) is 20.3 Å². The van der Waals surface area contributed by atoms with Gasteiger partial charge in [-0.05, 0) is 31.9 Å². The summed E-state index contributed by atoms with van der Waals surface area (Å²) in [5.41, 5.74) is 0.581. The second-order valence-corrected chi connectivity index (χ2v) is 5.66. The molecule has 2 rings (SSSR count). The van der Waals surface area contributed by atoms with Crippen LogP contribution < -0.4 is 10.1 Å². The third kappa shape index (κ3) is 4.68. The Morgan fingerprint density at radius 2 is 2.05 bits per heavy atom. The molecule has 1 aliphatic carbocycles. The number of hydrogen-bond donors (Lipinski definition) is 1. The van der Waals surface area contributed by atoms with E-state index in [0.29, 0.717) is 24.0 Å². The fraction of sp³-hybridized carbons (Fsp3) is 0.647. The molecule has 0 amide bonds. The predicted octanol–water partition coefficient (Wildman–Crippen LogP) is 3.83. The Hall–Kier alpha value is -1.13. The van der Waals surface area contributed by atoms with Crippen LogP contribution in [0, 0.1) is 5.82 Å². The van der Waals surface area contributed by atoms with E-state index in [2.05, 4.69) is 5.32 Å². The van der Waals surface area contributed by atoms with Gasteiger partial charge in [0, 0.05) is 18.2 Å². The third-order valence-electron chi connectivity index (χ3n) is 4.12. The second kappa shape index (κ2) is 8.35. The molecular formula is C17H26FNO2. The van der Waals surface area contributed by atoms with Crippen LogP contribution in [0.4, 0.5) is 4.39 Å². The minimum Gasteiger partial charge on any atom is -0.496 e. The molecule has 1 fully saturated rings. The van der Waals surface area contributed by atoms with Crippen molar-refractivity contribution in [1.82, 2.24) is 5.32 Å². The molecule has 0 aromatic heterocycles.